The first-order valence-corrected chi connectivity index (χ1v) is 9.80. The maximum atomic E-state index is 12.7. The Morgan fingerprint density at radius 2 is 1.93 bits per heavy atom. The van der Waals surface area contributed by atoms with Gasteiger partial charge < -0.3 is 19.9 Å². The number of ether oxygens (including phenoxy) is 1. The van der Waals surface area contributed by atoms with Crippen LogP contribution in [0.4, 0.5) is 11.5 Å². The van der Waals surface area contributed by atoms with Crippen LogP contribution in [0.15, 0.2) is 54.6 Å². The summed E-state index contributed by atoms with van der Waals surface area (Å²) in [5, 5.41) is 5.05. The van der Waals surface area contributed by atoms with Crippen LogP contribution in [0.2, 0.25) is 0 Å². The van der Waals surface area contributed by atoms with E-state index in [1.807, 2.05) is 48.5 Å². The number of fused-ring (bicyclic) bond motifs is 2. The zero-order valence-electron chi connectivity index (χ0n) is 16.2. The van der Waals surface area contributed by atoms with Gasteiger partial charge in [0.2, 0.25) is 0 Å². The topological polar surface area (TPSA) is 70.2 Å². The van der Waals surface area contributed by atoms with Gasteiger partial charge in [-0.25, -0.2) is 4.98 Å². The Morgan fingerprint density at radius 3 is 2.76 bits per heavy atom. The van der Waals surface area contributed by atoms with Crippen molar-refractivity contribution in [2.24, 2.45) is 0 Å². The molecule has 1 amide bonds. The first kappa shape index (κ1) is 17.7. The third kappa shape index (κ3) is 3.43. The van der Waals surface area contributed by atoms with Gasteiger partial charge in [0.05, 0.1) is 18.7 Å². The summed E-state index contributed by atoms with van der Waals surface area (Å²) in [6.45, 7) is 5.26. The summed E-state index contributed by atoms with van der Waals surface area (Å²) in [6.07, 6.45) is 0. The van der Waals surface area contributed by atoms with Gasteiger partial charge >= 0.3 is 0 Å². The molecule has 6 nitrogen and oxygen atoms in total. The molecule has 5 rings (SSSR count). The summed E-state index contributed by atoms with van der Waals surface area (Å²) in [5.74, 6) is 0.823. The molecule has 1 aliphatic heterocycles. The largest absolute Gasteiger partial charge is 0.378 e. The molecule has 1 aliphatic rings. The number of anilines is 2. The molecular weight excluding hydrogens is 364 g/mol. The van der Waals surface area contributed by atoms with Gasteiger partial charge in [-0.1, -0.05) is 18.2 Å². The number of aromatic nitrogens is 2. The lowest BCUT2D eigenvalue weighted by Crippen LogP contribution is -2.36. The molecule has 0 radical (unpaired) electrons. The van der Waals surface area contributed by atoms with Crippen LogP contribution in [0, 0.1) is 6.92 Å². The molecule has 29 heavy (non-hydrogen) atoms. The number of benzene rings is 2. The highest BCUT2D eigenvalue weighted by Crippen LogP contribution is 2.26. The highest BCUT2D eigenvalue weighted by atomic mass is 16.5. The molecule has 2 aromatic heterocycles. The SMILES string of the molecule is Cc1cc(N2CCOCC2)nc2ccc(NC(=O)c3cc4ccccc4[nH]3)cc12. The highest BCUT2D eigenvalue weighted by Gasteiger charge is 2.15. The Balaban J connectivity index is 1.41. The molecule has 1 saturated heterocycles. The van der Waals surface area contributed by atoms with E-state index in [-0.39, 0.29) is 5.91 Å². The summed E-state index contributed by atoms with van der Waals surface area (Å²) in [7, 11) is 0. The second-order valence-corrected chi connectivity index (χ2v) is 7.35. The number of aryl methyl sites for hydroxylation is 1. The Kier molecular flexibility index (Phi) is 4.41. The summed E-state index contributed by atoms with van der Waals surface area (Å²) in [6, 6.07) is 17.7. The number of hydrogen-bond acceptors (Lipinski definition) is 4. The Morgan fingerprint density at radius 1 is 1.10 bits per heavy atom. The van der Waals surface area contributed by atoms with Gasteiger partial charge in [0, 0.05) is 35.1 Å². The van der Waals surface area contributed by atoms with Crippen LogP contribution in [0.25, 0.3) is 21.8 Å². The number of pyridine rings is 1. The fourth-order valence-electron chi connectivity index (χ4n) is 3.80. The molecule has 0 spiro atoms. The van der Waals surface area contributed by atoms with Crippen molar-refractivity contribution in [1.82, 2.24) is 9.97 Å². The van der Waals surface area contributed by atoms with E-state index in [1.54, 1.807) is 0 Å². The van der Waals surface area contributed by atoms with Crippen molar-refractivity contribution in [2.75, 3.05) is 36.5 Å². The van der Waals surface area contributed by atoms with Gasteiger partial charge in [-0.3, -0.25) is 4.79 Å². The van der Waals surface area contributed by atoms with Crippen molar-refractivity contribution >= 4 is 39.2 Å². The fraction of sp³-hybridized carbons (Fsp3) is 0.217. The lowest BCUT2D eigenvalue weighted by Gasteiger charge is -2.28. The molecule has 0 unspecified atom stereocenters. The third-order valence-corrected chi connectivity index (χ3v) is 5.37. The first-order chi connectivity index (χ1) is 14.2. The van der Waals surface area contributed by atoms with Gasteiger partial charge in [-0.2, -0.15) is 0 Å². The number of para-hydroxylation sites is 1. The predicted octanol–water partition coefficient (Wildman–Crippen LogP) is 4.11. The van der Waals surface area contributed by atoms with Crippen LogP contribution in [0.1, 0.15) is 16.1 Å². The summed E-state index contributed by atoms with van der Waals surface area (Å²) < 4.78 is 5.44. The number of morpholine rings is 1. The monoisotopic (exact) mass is 386 g/mol. The predicted molar refractivity (Wildman–Crippen MR) is 116 cm³/mol. The van der Waals surface area contributed by atoms with Gasteiger partial charge in [0.25, 0.3) is 5.91 Å². The van der Waals surface area contributed by atoms with Crippen LogP contribution in [0.3, 0.4) is 0 Å². The second kappa shape index (κ2) is 7.22. The molecule has 6 heteroatoms. The van der Waals surface area contributed by atoms with E-state index < -0.39 is 0 Å². The molecule has 0 saturated carbocycles. The van der Waals surface area contributed by atoms with Crippen LogP contribution in [0.5, 0.6) is 0 Å². The van der Waals surface area contributed by atoms with Crippen molar-refractivity contribution in [2.45, 2.75) is 6.92 Å². The van der Waals surface area contributed by atoms with E-state index in [9.17, 15) is 4.79 Å². The van der Waals surface area contributed by atoms with Crippen molar-refractivity contribution < 1.29 is 9.53 Å². The Labute approximate surface area is 168 Å². The first-order valence-electron chi connectivity index (χ1n) is 9.80. The van der Waals surface area contributed by atoms with Gasteiger partial charge in [-0.05, 0) is 48.9 Å². The van der Waals surface area contributed by atoms with Gasteiger partial charge in [-0.15, -0.1) is 0 Å². The number of rotatable bonds is 3. The smallest absolute Gasteiger partial charge is 0.272 e. The summed E-state index contributed by atoms with van der Waals surface area (Å²) in [5.41, 5.74) is 4.31. The lowest BCUT2D eigenvalue weighted by atomic mass is 10.1. The van der Waals surface area contributed by atoms with E-state index in [1.165, 1.54) is 0 Å². The minimum absolute atomic E-state index is 0.156. The molecule has 0 atom stereocenters. The average molecular weight is 386 g/mol. The minimum atomic E-state index is -0.156. The molecule has 146 valence electrons. The molecule has 0 bridgehead atoms. The van der Waals surface area contributed by atoms with Crippen molar-refractivity contribution in [3.63, 3.8) is 0 Å². The van der Waals surface area contributed by atoms with Crippen LogP contribution >= 0.6 is 0 Å². The summed E-state index contributed by atoms with van der Waals surface area (Å²) in [4.78, 5) is 22.9. The zero-order chi connectivity index (χ0) is 19.8. The number of carbonyl (C=O) groups excluding carboxylic acids is 1. The number of aromatic amines is 1. The lowest BCUT2D eigenvalue weighted by molar-refractivity contribution is 0.102. The molecule has 1 fully saturated rings. The molecule has 2 N–H and O–H groups in total. The third-order valence-electron chi connectivity index (χ3n) is 5.37. The molecule has 0 aliphatic carbocycles. The van der Waals surface area contributed by atoms with Crippen LogP contribution in [-0.4, -0.2) is 42.2 Å². The summed E-state index contributed by atoms with van der Waals surface area (Å²) >= 11 is 0. The maximum absolute atomic E-state index is 12.7. The number of hydrogen-bond donors (Lipinski definition) is 2. The molecule has 3 heterocycles. The normalized spacial score (nSPS) is 14.4. The standard InChI is InChI=1S/C23H22N4O2/c1-15-12-22(27-8-10-29-11-9-27)26-20-7-6-17(14-18(15)20)24-23(28)21-13-16-4-2-3-5-19(16)25-21/h2-7,12-14,25H,8-11H2,1H3,(H,24,28). The zero-order valence-corrected chi connectivity index (χ0v) is 16.2. The Hall–Kier alpha value is -3.38. The number of nitrogens with one attached hydrogen (secondary N) is 2. The van der Waals surface area contributed by atoms with Gasteiger partial charge in [0.15, 0.2) is 0 Å². The minimum Gasteiger partial charge on any atom is -0.378 e. The van der Waals surface area contributed by atoms with E-state index in [0.717, 1.165) is 65.2 Å². The van der Waals surface area contributed by atoms with E-state index in [4.69, 9.17) is 9.72 Å². The van der Waals surface area contributed by atoms with Crippen LogP contribution < -0.4 is 10.2 Å². The van der Waals surface area contributed by atoms with Crippen molar-refractivity contribution in [3.05, 3.63) is 65.9 Å². The molecule has 2 aromatic carbocycles. The van der Waals surface area contributed by atoms with Crippen LogP contribution in [-0.2, 0) is 4.74 Å². The van der Waals surface area contributed by atoms with E-state index >= 15 is 0 Å². The average Bonchev–Trinajstić information content (AvgIpc) is 3.19. The molecular formula is C23H22N4O2. The second-order valence-electron chi connectivity index (χ2n) is 7.35. The maximum Gasteiger partial charge on any atom is 0.272 e. The number of H-pyrrole nitrogens is 1. The number of nitrogens with zero attached hydrogens (tertiary/aromatic N) is 2. The Bertz CT molecular complexity index is 1180. The van der Waals surface area contributed by atoms with Crippen molar-refractivity contribution in [1.29, 1.82) is 0 Å². The van der Waals surface area contributed by atoms with Crippen molar-refractivity contribution in [3.8, 4) is 0 Å². The fourth-order valence-corrected chi connectivity index (χ4v) is 3.80. The number of carbonyl (C=O) groups is 1. The molecule has 4 aromatic rings. The highest BCUT2D eigenvalue weighted by molar-refractivity contribution is 6.06. The van der Waals surface area contributed by atoms with E-state index in [2.05, 4.69) is 28.2 Å². The quantitative estimate of drug-likeness (QED) is 0.556. The van der Waals surface area contributed by atoms with Gasteiger partial charge in [0.1, 0.15) is 11.5 Å². The number of amides is 1. The van der Waals surface area contributed by atoms with E-state index in [0.29, 0.717) is 5.69 Å².